The van der Waals surface area contributed by atoms with Crippen LogP contribution in [0.1, 0.15) is 35.6 Å². The van der Waals surface area contributed by atoms with Crippen molar-refractivity contribution in [3.8, 4) is 0 Å². The van der Waals surface area contributed by atoms with Gasteiger partial charge in [-0.2, -0.15) is 0 Å². The zero-order chi connectivity index (χ0) is 14.8. The van der Waals surface area contributed by atoms with Crippen molar-refractivity contribution in [3.05, 3.63) is 69.3 Å². The number of nitro benzene ring substituents is 1. The van der Waals surface area contributed by atoms with Crippen LogP contribution in [0.25, 0.3) is 0 Å². The Morgan fingerprint density at radius 2 is 2.05 bits per heavy atom. The van der Waals surface area contributed by atoms with Crippen LogP contribution in [-0.2, 0) is 6.42 Å². The first kappa shape index (κ1) is 13.6. The summed E-state index contributed by atoms with van der Waals surface area (Å²) < 4.78 is 0. The summed E-state index contributed by atoms with van der Waals surface area (Å²) in [5.41, 5.74) is 4.71. The molecule has 0 bridgehead atoms. The van der Waals surface area contributed by atoms with E-state index >= 15 is 0 Å². The van der Waals surface area contributed by atoms with Crippen molar-refractivity contribution in [2.24, 2.45) is 0 Å². The van der Waals surface area contributed by atoms with Gasteiger partial charge in [-0.15, -0.1) is 0 Å². The van der Waals surface area contributed by atoms with Crippen LogP contribution in [0, 0.1) is 17.0 Å². The van der Waals surface area contributed by atoms with E-state index in [0.717, 1.165) is 30.5 Å². The molecule has 2 aromatic carbocycles. The fraction of sp³-hybridized carbons (Fsp3) is 0.294. The number of anilines is 1. The van der Waals surface area contributed by atoms with E-state index in [1.54, 1.807) is 18.2 Å². The highest BCUT2D eigenvalue weighted by Crippen LogP contribution is 2.34. The molecule has 2 aromatic rings. The summed E-state index contributed by atoms with van der Waals surface area (Å²) in [5.74, 6) is 0. The van der Waals surface area contributed by atoms with Crippen LogP contribution in [0.4, 0.5) is 11.4 Å². The fourth-order valence-electron chi connectivity index (χ4n) is 2.97. The first-order chi connectivity index (χ1) is 10.1. The molecule has 0 saturated carbocycles. The largest absolute Gasteiger partial charge is 0.378 e. The second kappa shape index (κ2) is 5.56. The molecule has 1 unspecified atom stereocenters. The van der Waals surface area contributed by atoms with Gasteiger partial charge in [-0.1, -0.05) is 30.3 Å². The standard InChI is InChI=1S/C17H18N2O2/c1-12-9-10-14(19(20)21)11-17(12)18-16-8-4-6-13-5-2-3-7-15(13)16/h2-3,5,7,9-11,16,18H,4,6,8H2,1H3. The molecule has 1 aliphatic rings. The summed E-state index contributed by atoms with van der Waals surface area (Å²) in [7, 11) is 0. The Labute approximate surface area is 124 Å². The summed E-state index contributed by atoms with van der Waals surface area (Å²) in [6, 6.07) is 13.7. The lowest BCUT2D eigenvalue weighted by atomic mass is 9.87. The minimum absolute atomic E-state index is 0.132. The van der Waals surface area contributed by atoms with Gasteiger partial charge < -0.3 is 5.32 Å². The number of fused-ring (bicyclic) bond motifs is 1. The van der Waals surface area contributed by atoms with Gasteiger partial charge in [0.15, 0.2) is 0 Å². The molecule has 0 aliphatic heterocycles. The number of hydrogen-bond acceptors (Lipinski definition) is 3. The monoisotopic (exact) mass is 282 g/mol. The van der Waals surface area contributed by atoms with E-state index in [1.807, 2.05) is 6.92 Å². The van der Waals surface area contributed by atoms with Gasteiger partial charge in [-0.25, -0.2) is 0 Å². The van der Waals surface area contributed by atoms with Gasteiger partial charge in [0.25, 0.3) is 5.69 Å². The van der Waals surface area contributed by atoms with Gasteiger partial charge in [-0.3, -0.25) is 10.1 Å². The maximum Gasteiger partial charge on any atom is 0.271 e. The number of nitrogens with zero attached hydrogens (tertiary/aromatic N) is 1. The van der Waals surface area contributed by atoms with Crippen LogP contribution in [-0.4, -0.2) is 4.92 Å². The van der Waals surface area contributed by atoms with Gasteiger partial charge in [0.2, 0.25) is 0 Å². The van der Waals surface area contributed by atoms with Crippen LogP contribution in [0.5, 0.6) is 0 Å². The van der Waals surface area contributed by atoms with E-state index < -0.39 is 0 Å². The molecule has 0 aromatic heterocycles. The molecule has 1 aliphatic carbocycles. The first-order valence-electron chi connectivity index (χ1n) is 7.24. The van der Waals surface area contributed by atoms with Crippen molar-refractivity contribution in [1.82, 2.24) is 0 Å². The number of rotatable bonds is 3. The predicted molar refractivity (Wildman–Crippen MR) is 83.6 cm³/mol. The third kappa shape index (κ3) is 2.75. The molecular weight excluding hydrogens is 264 g/mol. The van der Waals surface area contributed by atoms with Crippen LogP contribution >= 0.6 is 0 Å². The Hall–Kier alpha value is -2.36. The Bertz CT molecular complexity index is 682. The van der Waals surface area contributed by atoms with Gasteiger partial charge in [0, 0.05) is 17.8 Å². The Morgan fingerprint density at radius 1 is 1.24 bits per heavy atom. The highest BCUT2D eigenvalue weighted by molar-refractivity contribution is 5.58. The number of nitrogens with one attached hydrogen (secondary N) is 1. The molecule has 1 atom stereocenters. The quantitative estimate of drug-likeness (QED) is 0.671. The van der Waals surface area contributed by atoms with E-state index in [0.29, 0.717) is 0 Å². The third-order valence-corrected chi connectivity index (χ3v) is 4.13. The SMILES string of the molecule is Cc1ccc([N+](=O)[O-])cc1NC1CCCc2ccccc21. The molecule has 4 nitrogen and oxygen atoms in total. The lowest BCUT2D eigenvalue weighted by molar-refractivity contribution is -0.384. The lowest BCUT2D eigenvalue weighted by Crippen LogP contribution is -2.17. The second-order valence-electron chi connectivity index (χ2n) is 5.54. The summed E-state index contributed by atoms with van der Waals surface area (Å²) in [6.07, 6.45) is 3.31. The van der Waals surface area contributed by atoms with Crippen molar-refractivity contribution in [2.45, 2.75) is 32.2 Å². The predicted octanol–water partition coefficient (Wildman–Crippen LogP) is 4.39. The maximum atomic E-state index is 10.9. The van der Waals surface area contributed by atoms with Gasteiger partial charge in [0.05, 0.1) is 11.0 Å². The smallest absolute Gasteiger partial charge is 0.271 e. The molecule has 4 heteroatoms. The van der Waals surface area contributed by atoms with Gasteiger partial charge >= 0.3 is 0 Å². The van der Waals surface area contributed by atoms with Gasteiger partial charge in [0.1, 0.15) is 0 Å². The van der Waals surface area contributed by atoms with Crippen molar-refractivity contribution in [1.29, 1.82) is 0 Å². The second-order valence-corrected chi connectivity index (χ2v) is 5.54. The van der Waals surface area contributed by atoms with Gasteiger partial charge in [-0.05, 0) is 42.9 Å². The van der Waals surface area contributed by atoms with Crippen LogP contribution in [0.3, 0.4) is 0 Å². The first-order valence-corrected chi connectivity index (χ1v) is 7.24. The summed E-state index contributed by atoms with van der Waals surface area (Å²) in [6.45, 7) is 1.97. The lowest BCUT2D eigenvalue weighted by Gasteiger charge is -2.27. The van der Waals surface area contributed by atoms with E-state index in [2.05, 4.69) is 29.6 Å². The molecule has 108 valence electrons. The van der Waals surface area contributed by atoms with Crippen molar-refractivity contribution in [2.75, 3.05) is 5.32 Å². The molecule has 21 heavy (non-hydrogen) atoms. The summed E-state index contributed by atoms with van der Waals surface area (Å²) >= 11 is 0. The number of aryl methyl sites for hydroxylation is 2. The zero-order valence-corrected chi connectivity index (χ0v) is 12.0. The van der Waals surface area contributed by atoms with Crippen LogP contribution in [0.15, 0.2) is 42.5 Å². The topological polar surface area (TPSA) is 55.2 Å². The molecule has 0 radical (unpaired) electrons. The molecule has 0 amide bonds. The molecule has 0 heterocycles. The van der Waals surface area contributed by atoms with Crippen LogP contribution < -0.4 is 5.32 Å². The normalized spacial score (nSPS) is 17.1. The fourth-order valence-corrected chi connectivity index (χ4v) is 2.97. The Kier molecular flexibility index (Phi) is 3.60. The molecule has 0 spiro atoms. The summed E-state index contributed by atoms with van der Waals surface area (Å²) in [5, 5.41) is 14.4. The molecule has 1 N–H and O–H groups in total. The Morgan fingerprint density at radius 3 is 2.86 bits per heavy atom. The number of benzene rings is 2. The van der Waals surface area contributed by atoms with Crippen LogP contribution in [0.2, 0.25) is 0 Å². The summed E-state index contributed by atoms with van der Waals surface area (Å²) in [4.78, 5) is 10.6. The minimum atomic E-state index is -0.348. The molecule has 3 rings (SSSR count). The minimum Gasteiger partial charge on any atom is -0.378 e. The average molecular weight is 282 g/mol. The third-order valence-electron chi connectivity index (χ3n) is 4.13. The average Bonchev–Trinajstić information content (AvgIpc) is 2.49. The maximum absolute atomic E-state index is 10.9. The highest BCUT2D eigenvalue weighted by Gasteiger charge is 2.20. The van der Waals surface area contributed by atoms with E-state index in [9.17, 15) is 10.1 Å². The van der Waals surface area contributed by atoms with E-state index in [-0.39, 0.29) is 16.7 Å². The van der Waals surface area contributed by atoms with Crippen molar-refractivity contribution < 1.29 is 4.92 Å². The molecule has 0 saturated heterocycles. The zero-order valence-electron chi connectivity index (χ0n) is 12.0. The highest BCUT2D eigenvalue weighted by atomic mass is 16.6. The number of non-ortho nitro benzene ring substituents is 1. The molecular formula is C17H18N2O2. The van der Waals surface area contributed by atoms with E-state index in [4.69, 9.17) is 0 Å². The number of hydrogen-bond donors (Lipinski definition) is 1. The number of nitro groups is 1. The van der Waals surface area contributed by atoms with Crippen molar-refractivity contribution >= 4 is 11.4 Å². The van der Waals surface area contributed by atoms with E-state index in [1.165, 1.54) is 11.1 Å². The Balaban J connectivity index is 1.91. The molecule has 0 fully saturated rings. The van der Waals surface area contributed by atoms with Crippen molar-refractivity contribution in [3.63, 3.8) is 0 Å².